The average molecular weight is 515 g/mol. The van der Waals surface area contributed by atoms with Crippen LogP contribution >= 0.6 is 11.6 Å². The first-order valence-electron chi connectivity index (χ1n) is 14.7. The van der Waals surface area contributed by atoms with Crippen LogP contribution in [0.5, 0.6) is 0 Å². The molecule has 7 heteroatoms. The van der Waals surface area contributed by atoms with Crippen molar-refractivity contribution in [3.63, 3.8) is 0 Å². The molecule has 2 aliphatic carbocycles. The van der Waals surface area contributed by atoms with Crippen molar-refractivity contribution < 1.29 is 0 Å². The number of allylic oxidation sites excluding steroid dienone is 3. The Balaban J connectivity index is 0.951. The molecule has 0 aromatic rings. The summed E-state index contributed by atoms with van der Waals surface area (Å²) in [5, 5.41) is 9.92. The van der Waals surface area contributed by atoms with E-state index < -0.39 is 0 Å². The third-order valence-electron chi connectivity index (χ3n) is 8.52. The molecule has 2 atom stereocenters. The van der Waals surface area contributed by atoms with Gasteiger partial charge in [-0.25, -0.2) is 10.0 Å². The van der Waals surface area contributed by atoms with Gasteiger partial charge in [-0.1, -0.05) is 30.5 Å². The predicted octanol–water partition coefficient (Wildman–Crippen LogP) is 4.12. The Morgan fingerprint density at radius 3 is 2.39 bits per heavy atom. The molecule has 0 spiro atoms. The van der Waals surface area contributed by atoms with Gasteiger partial charge in [0, 0.05) is 81.8 Å². The van der Waals surface area contributed by atoms with Crippen molar-refractivity contribution in [2.45, 2.75) is 57.4 Å². The molecule has 2 unspecified atom stereocenters. The molecule has 0 aromatic heterocycles. The van der Waals surface area contributed by atoms with E-state index in [0.29, 0.717) is 5.92 Å². The van der Waals surface area contributed by atoms with Gasteiger partial charge < -0.3 is 15.1 Å². The van der Waals surface area contributed by atoms with Gasteiger partial charge in [0.15, 0.2) is 0 Å². The minimum atomic E-state index is 0.146. The van der Waals surface area contributed by atoms with Crippen LogP contribution in [0, 0.1) is 11.8 Å². The molecule has 1 N–H and O–H groups in total. The van der Waals surface area contributed by atoms with Crippen molar-refractivity contribution in [3.05, 3.63) is 35.0 Å². The lowest BCUT2D eigenvalue weighted by Crippen LogP contribution is -2.48. The van der Waals surface area contributed by atoms with Crippen LogP contribution in [0.1, 0.15) is 51.4 Å². The molecule has 36 heavy (non-hydrogen) atoms. The Kier molecular flexibility index (Phi) is 9.96. The van der Waals surface area contributed by atoms with E-state index in [0.717, 1.165) is 17.5 Å². The van der Waals surface area contributed by atoms with E-state index in [-0.39, 0.29) is 6.04 Å². The zero-order valence-electron chi connectivity index (χ0n) is 22.2. The zero-order chi connectivity index (χ0) is 24.6. The SMILES string of the molecule is ClC1=CC2N=CC=C(NCCCN3CCN(CCCN(CC4CC4)N4CCCCCC4)CC3)C2C=C1. The Morgan fingerprint density at radius 2 is 1.67 bits per heavy atom. The number of rotatable bonds is 12. The summed E-state index contributed by atoms with van der Waals surface area (Å²) in [5.74, 6) is 1.28. The summed E-state index contributed by atoms with van der Waals surface area (Å²) in [7, 11) is 0. The second kappa shape index (κ2) is 13.6. The van der Waals surface area contributed by atoms with Gasteiger partial charge in [0.1, 0.15) is 0 Å². The molecule has 3 aliphatic heterocycles. The van der Waals surface area contributed by atoms with Gasteiger partial charge in [0.2, 0.25) is 0 Å². The molecule has 0 bridgehead atoms. The summed E-state index contributed by atoms with van der Waals surface area (Å²) in [6, 6.07) is 0.146. The highest BCUT2D eigenvalue weighted by molar-refractivity contribution is 6.31. The molecule has 5 aliphatic rings. The van der Waals surface area contributed by atoms with Gasteiger partial charge in [-0.15, -0.1) is 0 Å². The minimum Gasteiger partial charge on any atom is -0.388 e. The highest BCUT2D eigenvalue weighted by Crippen LogP contribution is 2.31. The van der Waals surface area contributed by atoms with E-state index in [2.05, 4.69) is 48.4 Å². The number of fused-ring (bicyclic) bond motifs is 1. The molecular weight excluding hydrogens is 468 g/mol. The van der Waals surface area contributed by atoms with Gasteiger partial charge in [-0.3, -0.25) is 4.99 Å². The first-order chi connectivity index (χ1) is 17.7. The van der Waals surface area contributed by atoms with Crippen LogP contribution in [-0.2, 0) is 0 Å². The second-order valence-corrected chi connectivity index (χ2v) is 11.8. The minimum absolute atomic E-state index is 0.146. The summed E-state index contributed by atoms with van der Waals surface area (Å²) >= 11 is 6.15. The van der Waals surface area contributed by atoms with Crippen LogP contribution in [0.25, 0.3) is 0 Å². The Bertz CT molecular complexity index is 803. The van der Waals surface area contributed by atoms with Gasteiger partial charge in [-0.05, 0) is 75.8 Å². The lowest BCUT2D eigenvalue weighted by atomic mass is 9.90. The van der Waals surface area contributed by atoms with Crippen molar-refractivity contribution in [1.29, 1.82) is 0 Å². The van der Waals surface area contributed by atoms with Gasteiger partial charge in [-0.2, -0.15) is 0 Å². The summed E-state index contributed by atoms with van der Waals surface area (Å²) in [6.45, 7) is 13.5. The topological polar surface area (TPSA) is 37.4 Å². The molecular formula is C29H47ClN6. The maximum atomic E-state index is 6.15. The van der Waals surface area contributed by atoms with E-state index in [4.69, 9.17) is 11.6 Å². The average Bonchev–Trinajstić information content (AvgIpc) is 3.74. The van der Waals surface area contributed by atoms with Crippen molar-refractivity contribution in [1.82, 2.24) is 25.1 Å². The fraction of sp³-hybridized carbons (Fsp3) is 0.759. The number of nitrogens with one attached hydrogen (secondary N) is 1. The van der Waals surface area contributed by atoms with E-state index in [9.17, 15) is 0 Å². The fourth-order valence-electron chi connectivity index (χ4n) is 6.10. The quantitative estimate of drug-likeness (QED) is 0.396. The molecule has 6 nitrogen and oxygen atoms in total. The summed E-state index contributed by atoms with van der Waals surface area (Å²) < 4.78 is 0. The molecule has 5 rings (SSSR count). The number of nitrogens with zero attached hydrogens (tertiary/aromatic N) is 5. The number of hydrogen-bond acceptors (Lipinski definition) is 6. The second-order valence-electron chi connectivity index (χ2n) is 11.4. The highest BCUT2D eigenvalue weighted by atomic mass is 35.5. The third-order valence-corrected chi connectivity index (χ3v) is 8.77. The normalized spacial score (nSPS) is 28.1. The molecule has 0 radical (unpaired) electrons. The number of hydrazine groups is 1. The lowest BCUT2D eigenvalue weighted by Gasteiger charge is -2.37. The lowest BCUT2D eigenvalue weighted by molar-refractivity contribution is -0.0295. The van der Waals surface area contributed by atoms with E-state index in [1.54, 1.807) is 0 Å². The monoisotopic (exact) mass is 514 g/mol. The molecule has 1 saturated carbocycles. The maximum Gasteiger partial charge on any atom is 0.0814 e. The van der Waals surface area contributed by atoms with Gasteiger partial charge in [0.25, 0.3) is 0 Å². The van der Waals surface area contributed by atoms with Gasteiger partial charge >= 0.3 is 0 Å². The Labute approximate surface area is 224 Å². The number of aliphatic imine (C=N–C) groups is 1. The van der Waals surface area contributed by atoms with E-state index in [1.165, 1.54) is 123 Å². The first kappa shape index (κ1) is 26.4. The van der Waals surface area contributed by atoms with Crippen molar-refractivity contribution in [3.8, 4) is 0 Å². The first-order valence-corrected chi connectivity index (χ1v) is 15.1. The van der Waals surface area contributed by atoms with Crippen molar-refractivity contribution >= 4 is 17.8 Å². The molecule has 200 valence electrons. The molecule has 0 aromatic carbocycles. The Hall–Kier alpha value is -1.18. The molecule has 2 saturated heterocycles. The highest BCUT2D eigenvalue weighted by Gasteiger charge is 2.28. The van der Waals surface area contributed by atoms with Crippen LogP contribution in [0.2, 0.25) is 0 Å². The Morgan fingerprint density at radius 1 is 0.944 bits per heavy atom. The summed E-state index contributed by atoms with van der Waals surface area (Å²) in [5.41, 5.74) is 1.27. The summed E-state index contributed by atoms with van der Waals surface area (Å²) in [4.78, 5) is 9.91. The van der Waals surface area contributed by atoms with Crippen LogP contribution < -0.4 is 5.32 Å². The third kappa shape index (κ3) is 7.91. The predicted molar refractivity (Wildman–Crippen MR) is 151 cm³/mol. The van der Waals surface area contributed by atoms with Crippen molar-refractivity contribution in [2.75, 3.05) is 72.0 Å². The van der Waals surface area contributed by atoms with Crippen LogP contribution in [0.15, 0.2) is 40.0 Å². The standard InChI is InChI=1S/C29H47ClN6/c30-26-9-10-27-28(11-13-32-29(27)23-26)31-12-5-14-33-19-21-34(22-20-33)15-6-18-36(24-25-7-8-25)35-16-3-1-2-4-17-35/h9-11,13,23,25,27,29,31H,1-8,12,14-22,24H2. The van der Waals surface area contributed by atoms with Crippen LogP contribution in [-0.4, -0.2) is 104 Å². The largest absolute Gasteiger partial charge is 0.388 e. The number of halogens is 1. The van der Waals surface area contributed by atoms with Crippen LogP contribution in [0.3, 0.4) is 0 Å². The number of piperazine rings is 1. The molecule has 3 fully saturated rings. The van der Waals surface area contributed by atoms with Crippen LogP contribution in [0.4, 0.5) is 0 Å². The smallest absolute Gasteiger partial charge is 0.0814 e. The summed E-state index contributed by atoms with van der Waals surface area (Å²) in [6.07, 6.45) is 21.3. The zero-order valence-corrected chi connectivity index (χ0v) is 22.9. The van der Waals surface area contributed by atoms with E-state index >= 15 is 0 Å². The molecule has 3 heterocycles. The molecule has 0 amide bonds. The maximum absolute atomic E-state index is 6.15. The van der Waals surface area contributed by atoms with Gasteiger partial charge in [0.05, 0.1) is 6.04 Å². The number of hydrogen-bond donors (Lipinski definition) is 1. The van der Waals surface area contributed by atoms with Crippen molar-refractivity contribution in [2.24, 2.45) is 16.8 Å². The fourth-order valence-corrected chi connectivity index (χ4v) is 6.30. The van der Waals surface area contributed by atoms with E-state index in [1.807, 2.05) is 12.3 Å². The number of dihydropyridines is 1.